The van der Waals surface area contributed by atoms with Crippen molar-refractivity contribution in [2.75, 3.05) is 11.9 Å². The lowest BCUT2D eigenvalue weighted by atomic mass is 10.1. The molecular formula is C13H17BrFN. The van der Waals surface area contributed by atoms with Crippen molar-refractivity contribution in [1.82, 2.24) is 0 Å². The van der Waals surface area contributed by atoms with Crippen LogP contribution in [0, 0.1) is 18.7 Å². The molecule has 2 rings (SSSR count). The summed E-state index contributed by atoms with van der Waals surface area (Å²) in [6.07, 6.45) is 5.37. The monoisotopic (exact) mass is 285 g/mol. The molecular weight excluding hydrogens is 269 g/mol. The van der Waals surface area contributed by atoms with Crippen LogP contribution in [0.15, 0.2) is 16.6 Å². The summed E-state index contributed by atoms with van der Waals surface area (Å²) in [6.45, 7) is 2.95. The maximum absolute atomic E-state index is 13.2. The number of benzene rings is 1. The summed E-state index contributed by atoms with van der Waals surface area (Å²) in [4.78, 5) is 0. The molecule has 1 N–H and O–H groups in total. The predicted molar refractivity (Wildman–Crippen MR) is 69.3 cm³/mol. The fraction of sp³-hybridized carbons (Fsp3) is 0.538. The highest BCUT2D eigenvalue weighted by atomic mass is 79.9. The SMILES string of the molecule is Cc1cc(F)c(Br)cc1NCC1CCCC1. The van der Waals surface area contributed by atoms with Gasteiger partial charge in [-0.3, -0.25) is 0 Å². The lowest BCUT2D eigenvalue weighted by Crippen LogP contribution is -2.11. The van der Waals surface area contributed by atoms with Gasteiger partial charge in [-0.2, -0.15) is 0 Å². The second-order valence-corrected chi connectivity index (χ2v) is 5.47. The zero-order valence-electron chi connectivity index (χ0n) is 9.52. The topological polar surface area (TPSA) is 12.0 Å². The molecule has 1 fully saturated rings. The molecule has 0 bridgehead atoms. The van der Waals surface area contributed by atoms with Crippen molar-refractivity contribution in [3.8, 4) is 0 Å². The van der Waals surface area contributed by atoms with E-state index in [2.05, 4.69) is 21.2 Å². The molecule has 1 aromatic rings. The Morgan fingerprint density at radius 3 is 2.75 bits per heavy atom. The molecule has 1 nitrogen and oxygen atoms in total. The molecule has 1 aliphatic carbocycles. The molecule has 0 unspecified atom stereocenters. The number of hydrogen-bond acceptors (Lipinski definition) is 1. The van der Waals surface area contributed by atoms with E-state index in [1.165, 1.54) is 25.7 Å². The van der Waals surface area contributed by atoms with Crippen molar-refractivity contribution in [3.63, 3.8) is 0 Å². The normalized spacial score (nSPS) is 16.7. The molecule has 16 heavy (non-hydrogen) atoms. The van der Waals surface area contributed by atoms with Gasteiger partial charge in [-0.1, -0.05) is 12.8 Å². The lowest BCUT2D eigenvalue weighted by Gasteiger charge is -2.14. The van der Waals surface area contributed by atoms with Crippen molar-refractivity contribution in [1.29, 1.82) is 0 Å². The van der Waals surface area contributed by atoms with E-state index in [1.54, 1.807) is 6.07 Å². The Morgan fingerprint density at radius 2 is 2.06 bits per heavy atom. The molecule has 3 heteroatoms. The van der Waals surface area contributed by atoms with Crippen molar-refractivity contribution >= 4 is 21.6 Å². The predicted octanol–water partition coefficient (Wildman–Crippen LogP) is 4.50. The fourth-order valence-electron chi connectivity index (χ4n) is 2.31. The third-order valence-corrected chi connectivity index (χ3v) is 3.93. The highest BCUT2D eigenvalue weighted by molar-refractivity contribution is 9.10. The molecule has 0 saturated heterocycles. The van der Waals surface area contributed by atoms with Gasteiger partial charge in [0.1, 0.15) is 5.82 Å². The summed E-state index contributed by atoms with van der Waals surface area (Å²) in [5.41, 5.74) is 2.01. The number of rotatable bonds is 3. The smallest absolute Gasteiger partial charge is 0.137 e. The Bertz CT molecular complexity index is 372. The minimum Gasteiger partial charge on any atom is -0.385 e. The maximum atomic E-state index is 13.2. The second-order valence-electron chi connectivity index (χ2n) is 4.61. The summed E-state index contributed by atoms with van der Waals surface area (Å²) in [5.74, 6) is 0.604. The van der Waals surface area contributed by atoms with Gasteiger partial charge in [0.2, 0.25) is 0 Å². The van der Waals surface area contributed by atoms with Crippen LogP contribution >= 0.6 is 15.9 Å². The van der Waals surface area contributed by atoms with E-state index in [0.717, 1.165) is 23.7 Å². The van der Waals surface area contributed by atoms with E-state index >= 15 is 0 Å². The van der Waals surface area contributed by atoms with Gasteiger partial charge in [0, 0.05) is 12.2 Å². The molecule has 0 heterocycles. The molecule has 0 spiro atoms. The zero-order valence-corrected chi connectivity index (χ0v) is 11.1. The summed E-state index contributed by atoms with van der Waals surface area (Å²) in [6, 6.07) is 3.40. The first-order chi connectivity index (χ1) is 7.66. The molecule has 88 valence electrons. The van der Waals surface area contributed by atoms with E-state index < -0.39 is 0 Å². The van der Waals surface area contributed by atoms with Crippen LogP contribution in [0.4, 0.5) is 10.1 Å². The van der Waals surface area contributed by atoms with Gasteiger partial charge in [0.15, 0.2) is 0 Å². The van der Waals surface area contributed by atoms with Crippen molar-refractivity contribution in [3.05, 3.63) is 28.0 Å². The Hall–Kier alpha value is -0.570. The van der Waals surface area contributed by atoms with Crippen LogP contribution in [-0.2, 0) is 0 Å². The number of nitrogens with one attached hydrogen (secondary N) is 1. The van der Waals surface area contributed by atoms with Gasteiger partial charge in [-0.15, -0.1) is 0 Å². The highest BCUT2D eigenvalue weighted by Crippen LogP contribution is 2.27. The molecule has 0 aromatic heterocycles. The third-order valence-electron chi connectivity index (χ3n) is 3.32. The Balaban J connectivity index is 2.00. The molecule has 1 saturated carbocycles. The van der Waals surface area contributed by atoms with Gasteiger partial charge in [-0.05, 0) is 59.3 Å². The number of anilines is 1. The molecule has 0 radical (unpaired) electrons. The van der Waals surface area contributed by atoms with Gasteiger partial charge < -0.3 is 5.32 Å². The lowest BCUT2D eigenvalue weighted by molar-refractivity contribution is 0.579. The van der Waals surface area contributed by atoms with Gasteiger partial charge in [0.05, 0.1) is 4.47 Å². The first-order valence-corrected chi connectivity index (χ1v) is 6.65. The van der Waals surface area contributed by atoms with E-state index in [4.69, 9.17) is 0 Å². The van der Waals surface area contributed by atoms with Crippen molar-refractivity contribution in [2.24, 2.45) is 5.92 Å². The van der Waals surface area contributed by atoms with Crippen LogP contribution in [-0.4, -0.2) is 6.54 Å². The summed E-state index contributed by atoms with van der Waals surface area (Å²) < 4.78 is 13.8. The van der Waals surface area contributed by atoms with Crippen LogP contribution in [0.3, 0.4) is 0 Å². The average molecular weight is 286 g/mol. The zero-order chi connectivity index (χ0) is 11.5. The summed E-state index contributed by atoms with van der Waals surface area (Å²) >= 11 is 3.22. The molecule has 1 aliphatic rings. The second kappa shape index (κ2) is 5.17. The Kier molecular flexibility index (Phi) is 3.85. The summed E-state index contributed by atoms with van der Waals surface area (Å²) in [7, 11) is 0. The molecule has 1 aromatic carbocycles. The molecule has 0 aliphatic heterocycles. The first-order valence-electron chi connectivity index (χ1n) is 5.86. The number of hydrogen-bond donors (Lipinski definition) is 1. The standard InChI is InChI=1S/C13H17BrFN/c1-9-6-12(15)11(14)7-13(9)16-8-10-4-2-3-5-10/h6-7,10,16H,2-5,8H2,1H3. The maximum Gasteiger partial charge on any atom is 0.137 e. The Morgan fingerprint density at radius 1 is 1.38 bits per heavy atom. The third kappa shape index (κ3) is 2.76. The van der Waals surface area contributed by atoms with Gasteiger partial charge in [-0.25, -0.2) is 4.39 Å². The largest absolute Gasteiger partial charge is 0.385 e. The number of aryl methyl sites for hydroxylation is 1. The van der Waals surface area contributed by atoms with Crippen LogP contribution in [0.25, 0.3) is 0 Å². The first kappa shape index (κ1) is 11.9. The fourth-order valence-corrected chi connectivity index (χ4v) is 2.65. The van der Waals surface area contributed by atoms with Crippen LogP contribution in [0.2, 0.25) is 0 Å². The van der Waals surface area contributed by atoms with E-state index in [-0.39, 0.29) is 5.82 Å². The minimum absolute atomic E-state index is 0.191. The average Bonchev–Trinajstić information content (AvgIpc) is 2.74. The highest BCUT2D eigenvalue weighted by Gasteiger charge is 2.15. The van der Waals surface area contributed by atoms with E-state index in [1.807, 2.05) is 13.0 Å². The summed E-state index contributed by atoms with van der Waals surface area (Å²) in [5, 5.41) is 3.43. The molecule has 0 amide bonds. The van der Waals surface area contributed by atoms with Crippen LogP contribution in [0.1, 0.15) is 31.2 Å². The van der Waals surface area contributed by atoms with E-state index in [0.29, 0.717) is 4.47 Å². The Labute approximate surface area is 105 Å². The van der Waals surface area contributed by atoms with E-state index in [9.17, 15) is 4.39 Å². The van der Waals surface area contributed by atoms with Crippen molar-refractivity contribution in [2.45, 2.75) is 32.6 Å². The number of halogens is 2. The van der Waals surface area contributed by atoms with Crippen molar-refractivity contribution < 1.29 is 4.39 Å². The van der Waals surface area contributed by atoms with Crippen LogP contribution in [0.5, 0.6) is 0 Å². The molecule has 0 atom stereocenters. The minimum atomic E-state index is -0.191. The van der Waals surface area contributed by atoms with Gasteiger partial charge >= 0.3 is 0 Å². The quantitative estimate of drug-likeness (QED) is 0.862. The van der Waals surface area contributed by atoms with Gasteiger partial charge in [0.25, 0.3) is 0 Å². The van der Waals surface area contributed by atoms with Crippen LogP contribution < -0.4 is 5.32 Å².